The van der Waals surface area contributed by atoms with Crippen molar-refractivity contribution < 1.29 is 22.7 Å². The molecule has 1 unspecified atom stereocenters. The maximum Gasteiger partial charge on any atom is 0.240 e. The molecule has 4 rings (SSSR count). The first kappa shape index (κ1) is 22.7. The molecule has 1 aromatic heterocycles. The number of hydrogen-bond acceptors (Lipinski definition) is 7. The molecule has 0 saturated carbocycles. The summed E-state index contributed by atoms with van der Waals surface area (Å²) in [6.07, 6.45) is 3.71. The summed E-state index contributed by atoms with van der Waals surface area (Å²) >= 11 is 0. The maximum atomic E-state index is 12.7. The van der Waals surface area contributed by atoms with Gasteiger partial charge in [0.15, 0.2) is 11.5 Å². The topological polar surface area (TPSA) is 124 Å². The Labute approximate surface area is 192 Å². The van der Waals surface area contributed by atoms with E-state index < -0.39 is 10.0 Å². The third kappa shape index (κ3) is 6.08. The lowest BCUT2D eigenvalue weighted by Gasteiger charge is -2.19. The third-order valence-corrected chi connectivity index (χ3v) is 6.51. The fourth-order valence-electron chi connectivity index (χ4n) is 3.39. The lowest BCUT2D eigenvalue weighted by Crippen LogP contribution is -2.34. The molecule has 0 aliphatic carbocycles. The summed E-state index contributed by atoms with van der Waals surface area (Å²) in [4.78, 5) is 16.6. The minimum Gasteiger partial charge on any atom is -0.490 e. The van der Waals surface area contributed by atoms with Gasteiger partial charge in [0.05, 0.1) is 30.7 Å². The van der Waals surface area contributed by atoms with E-state index >= 15 is 0 Å². The van der Waals surface area contributed by atoms with Crippen LogP contribution in [-0.4, -0.2) is 48.8 Å². The Hall–Kier alpha value is -3.44. The molecule has 0 saturated heterocycles. The Morgan fingerprint density at radius 2 is 1.88 bits per heavy atom. The fraction of sp³-hybridized carbons (Fsp3) is 0.318. The van der Waals surface area contributed by atoms with Crippen LogP contribution >= 0.6 is 0 Å². The first-order chi connectivity index (χ1) is 16.0. The number of ether oxygens (including phenoxy) is 2. The molecule has 1 atom stereocenters. The molecule has 1 amide bonds. The van der Waals surface area contributed by atoms with Gasteiger partial charge in [-0.2, -0.15) is 5.10 Å². The number of sulfonamides is 1. The van der Waals surface area contributed by atoms with Gasteiger partial charge in [0.25, 0.3) is 0 Å². The molecule has 11 heteroatoms. The van der Waals surface area contributed by atoms with E-state index in [1.54, 1.807) is 17.1 Å². The van der Waals surface area contributed by atoms with E-state index in [9.17, 15) is 13.2 Å². The maximum absolute atomic E-state index is 12.7. The van der Waals surface area contributed by atoms with Gasteiger partial charge in [0.2, 0.25) is 15.9 Å². The highest BCUT2D eigenvalue weighted by Gasteiger charge is 2.20. The van der Waals surface area contributed by atoms with E-state index in [0.29, 0.717) is 31.3 Å². The van der Waals surface area contributed by atoms with Gasteiger partial charge < -0.3 is 14.8 Å². The summed E-state index contributed by atoms with van der Waals surface area (Å²) in [5, 5.41) is 7.04. The molecule has 174 valence electrons. The number of aromatic nitrogens is 3. The molecule has 10 nitrogen and oxygen atoms in total. The summed E-state index contributed by atoms with van der Waals surface area (Å²) < 4.78 is 40.6. The number of fused-ring (bicyclic) bond motifs is 1. The van der Waals surface area contributed by atoms with Crippen LogP contribution in [0.2, 0.25) is 0 Å². The molecule has 0 bridgehead atoms. The van der Waals surface area contributed by atoms with Crippen molar-refractivity contribution in [3.05, 3.63) is 66.7 Å². The second-order valence-corrected chi connectivity index (χ2v) is 9.22. The van der Waals surface area contributed by atoms with Crippen LogP contribution in [0, 0.1) is 0 Å². The van der Waals surface area contributed by atoms with Gasteiger partial charge in [-0.1, -0.05) is 30.3 Å². The predicted molar refractivity (Wildman–Crippen MR) is 119 cm³/mol. The molecule has 0 spiro atoms. The Bertz CT molecular complexity index is 1170. The Morgan fingerprint density at radius 3 is 2.64 bits per heavy atom. The standard InChI is InChI=1S/C22H25N5O5S/c28-22(26-19(14-27-16-23-15-24-27)17-5-2-1-3-6-17)9-10-25-33(29,30)18-7-8-20-21(13-18)32-12-4-11-31-20/h1-3,5-8,13,15-16,19,25H,4,9-12,14H2,(H,26,28). The first-order valence-corrected chi connectivity index (χ1v) is 12.1. The molecule has 2 N–H and O–H groups in total. The number of carbonyl (C=O) groups excluding carboxylic acids is 1. The number of hydrogen-bond donors (Lipinski definition) is 2. The predicted octanol–water partition coefficient (Wildman–Crippen LogP) is 1.67. The fourth-order valence-corrected chi connectivity index (χ4v) is 4.44. The Balaban J connectivity index is 1.35. The van der Waals surface area contributed by atoms with Crippen LogP contribution < -0.4 is 19.5 Å². The number of benzene rings is 2. The van der Waals surface area contributed by atoms with Crippen molar-refractivity contribution in [2.75, 3.05) is 19.8 Å². The van der Waals surface area contributed by atoms with Gasteiger partial charge >= 0.3 is 0 Å². The zero-order valence-corrected chi connectivity index (χ0v) is 18.7. The minimum atomic E-state index is -3.81. The van der Waals surface area contributed by atoms with Crippen LogP contribution in [0.5, 0.6) is 11.5 Å². The smallest absolute Gasteiger partial charge is 0.240 e. The lowest BCUT2D eigenvalue weighted by molar-refractivity contribution is -0.121. The van der Waals surface area contributed by atoms with Gasteiger partial charge in [-0.05, 0) is 17.7 Å². The SMILES string of the molecule is O=C(CCNS(=O)(=O)c1ccc2c(c1)OCCCO2)NC(Cn1cncn1)c1ccccc1. The van der Waals surface area contributed by atoms with Crippen molar-refractivity contribution in [1.29, 1.82) is 0 Å². The largest absolute Gasteiger partial charge is 0.490 e. The van der Waals surface area contributed by atoms with Crippen LogP contribution in [0.1, 0.15) is 24.4 Å². The van der Waals surface area contributed by atoms with Crippen molar-refractivity contribution in [2.45, 2.75) is 30.3 Å². The number of carbonyl (C=O) groups is 1. The summed E-state index contributed by atoms with van der Waals surface area (Å²) in [5.41, 5.74) is 0.911. The van der Waals surface area contributed by atoms with Crippen LogP contribution in [0.15, 0.2) is 66.1 Å². The van der Waals surface area contributed by atoms with Gasteiger partial charge in [-0.3, -0.25) is 9.48 Å². The van der Waals surface area contributed by atoms with Crippen LogP contribution in [0.3, 0.4) is 0 Å². The summed E-state index contributed by atoms with van der Waals surface area (Å²) in [7, 11) is -3.81. The van der Waals surface area contributed by atoms with Crippen molar-refractivity contribution in [3.63, 3.8) is 0 Å². The molecule has 3 aromatic rings. The van der Waals surface area contributed by atoms with Crippen molar-refractivity contribution in [1.82, 2.24) is 24.8 Å². The monoisotopic (exact) mass is 471 g/mol. The quantitative estimate of drug-likeness (QED) is 0.486. The molecule has 0 fully saturated rings. The highest BCUT2D eigenvalue weighted by molar-refractivity contribution is 7.89. The average molecular weight is 472 g/mol. The number of rotatable bonds is 9. The zero-order valence-electron chi connectivity index (χ0n) is 17.9. The van der Waals surface area contributed by atoms with E-state index in [1.807, 2.05) is 30.3 Å². The molecule has 2 heterocycles. The van der Waals surface area contributed by atoms with Gasteiger partial charge in [0.1, 0.15) is 12.7 Å². The van der Waals surface area contributed by atoms with Gasteiger partial charge in [-0.25, -0.2) is 18.1 Å². The number of nitrogens with one attached hydrogen (secondary N) is 2. The van der Waals surface area contributed by atoms with E-state index in [0.717, 1.165) is 12.0 Å². The Kier molecular flexibility index (Phi) is 7.20. The second kappa shape index (κ2) is 10.5. The minimum absolute atomic E-state index is 0.0233. The van der Waals surface area contributed by atoms with Crippen LogP contribution in [0.25, 0.3) is 0 Å². The van der Waals surface area contributed by atoms with E-state index in [-0.39, 0.29) is 29.8 Å². The molecular weight excluding hydrogens is 446 g/mol. The molecular formula is C22H25N5O5S. The second-order valence-electron chi connectivity index (χ2n) is 7.46. The van der Waals surface area contributed by atoms with Crippen LogP contribution in [-0.2, 0) is 21.4 Å². The first-order valence-electron chi connectivity index (χ1n) is 10.6. The molecule has 1 aliphatic heterocycles. The van der Waals surface area contributed by atoms with Gasteiger partial charge in [0, 0.05) is 25.5 Å². The summed E-state index contributed by atoms with van der Waals surface area (Å²) in [6.45, 7) is 1.33. The normalized spacial score (nSPS) is 14.3. The number of amides is 1. The summed E-state index contributed by atoms with van der Waals surface area (Å²) in [5.74, 6) is 0.627. The van der Waals surface area contributed by atoms with E-state index in [1.165, 1.54) is 18.5 Å². The molecule has 1 aliphatic rings. The molecule has 2 aromatic carbocycles. The molecule has 0 radical (unpaired) electrons. The molecule has 33 heavy (non-hydrogen) atoms. The van der Waals surface area contributed by atoms with Crippen molar-refractivity contribution in [3.8, 4) is 11.5 Å². The zero-order chi connectivity index (χ0) is 23.1. The average Bonchev–Trinajstić information content (AvgIpc) is 3.21. The number of nitrogens with zero attached hydrogens (tertiary/aromatic N) is 3. The van der Waals surface area contributed by atoms with E-state index in [4.69, 9.17) is 9.47 Å². The van der Waals surface area contributed by atoms with E-state index in [2.05, 4.69) is 20.1 Å². The Morgan fingerprint density at radius 1 is 1.09 bits per heavy atom. The van der Waals surface area contributed by atoms with Gasteiger partial charge in [-0.15, -0.1) is 0 Å². The van der Waals surface area contributed by atoms with Crippen molar-refractivity contribution in [2.24, 2.45) is 0 Å². The lowest BCUT2D eigenvalue weighted by atomic mass is 10.1. The highest BCUT2D eigenvalue weighted by Crippen LogP contribution is 2.31. The summed E-state index contributed by atoms with van der Waals surface area (Å²) in [6, 6.07) is 13.6. The highest BCUT2D eigenvalue weighted by atomic mass is 32.2. The van der Waals surface area contributed by atoms with Crippen molar-refractivity contribution >= 4 is 15.9 Å². The third-order valence-electron chi connectivity index (χ3n) is 5.05. The van der Waals surface area contributed by atoms with Crippen LogP contribution in [0.4, 0.5) is 0 Å².